The van der Waals surface area contributed by atoms with Crippen molar-refractivity contribution in [1.29, 1.82) is 0 Å². The Morgan fingerprint density at radius 2 is 2.00 bits per heavy atom. The summed E-state index contributed by atoms with van der Waals surface area (Å²) in [6.45, 7) is 1.07. The van der Waals surface area contributed by atoms with Crippen molar-refractivity contribution in [3.63, 3.8) is 0 Å². The minimum atomic E-state index is -0.360. The number of carbonyl (C=O) groups excluding carboxylic acids is 1. The fourth-order valence-electron chi connectivity index (χ4n) is 1.61. The number of hydrogen-bond acceptors (Lipinski definition) is 4. The summed E-state index contributed by atoms with van der Waals surface area (Å²) in [5.41, 5.74) is 6.07. The highest BCUT2D eigenvalue weighted by Gasteiger charge is 2.04. The Bertz CT molecular complexity index is 594. The van der Waals surface area contributed by atoms with E-state index >= 15 is 0 Å². The molecule has 1 aromatic heterocycles. The SMILES string of the molecule is NC(=O)CCOc1ccc(NCc2cc(Br)c(Br)s2)cc1. The molecule has 2 aromatic rings. The number of nitrogens with two attached hydrogens (primary N) is 1. The highest BCUT2D eigenvalue weighted by atomic mass is 79.9. The molecule has 21 heavy (non-hydrogen) atoms. The largest absolute Gasteiger partial charge is 0.493 e. The highest BCUT2D eigenvalue weighted by Crippen LogP contribution is 2.32. The number of nitrogens with one attached hydrogen (secondary N) is 1. The molecule has 2 rings (SSSR count). The zero-order valence-electron chi connectivity index (χ0n) is 11.1. The van der Waals surface area contributed by atoms with Gasteiger partial charge in [-0.05, 0) is 62.2 Å². The van der Waals surface area contributed by atoms with Crippen molar-refractivity contribution in [3.8, 4) is 5.75 Å². The van der Waals surface area contributed by atoms with Crippen molar-refractivity contribution in [1.82, 2.24) is 0 Å². The van der Waals surface area contributed by atoms with E-state index in [1.165, 1.54) is 4.88 Å². The Kier molecular flexibility index (Phi) is 6.08. The number of amides is 1. The van der Waals surface area contributed by atoms with E-state index in [2.05, 4.69) is 43.2 Å². The molecule has 7 heteroatoms. The number of anilines is 1. The number of rotatable bonds is 7. The molecule has 0 saturated carbocycles. The molecule has 1 amide bonds. The molecule has 0 saturated heterocycles. The Morgan fingerprint density at radius 3 is 2.57 bits per heavy atom. The summed E-state index contributed by atoms with van der Waals surface area (Å²) >= 11 is 8.64. The van der Waals surface area contributed by atoms with Crippen LogP contribution in [-0.2, 0) is 11.3 Å². The maximum Gasteiger partial charge on any atom is 0.220 e. The van der Waals surface area contributed by atoms with Crippen LogP contribution in [0.1, 0.15) is 11.3 Å². The van der Waals surface area contributed by atoms with Crippen LogP contribution < -0.4 is 15.8 Å². The molecule has 0 bridgehead atoms. The van der Waals surface area contributed by atoms with Gasteiger partial charge in [0.05, 0.1) is 16.8 Å². The molecule has 3 N–H and O–H groups in total. The van der Waals surface area contributed by atoms with Gasteiger partial charge in [0, 0.05) is 21.6 Å². The van der Waals surface area contributed by atoms with Crippen LogP contribution in [0.15, 0.2) is 38.6 Å². The smallest absolute Gasteiger partial charge is 0.220 e. The summed E-state index contributed by atoms with van der Waals surface area (Å²) in [5, 5.41) is 3.34. The third-order valence-electron chi connectivity index (χ3n) is 2.63. The quantitative estimate of drug-likeness (QED) is 0.689. The van der Waals surface area contributed by atoms with E-state index in [0.717, 1.165) is 26.2 Å². The molecule has 0 fully saturated rings. The van der Waals surface area contributed by atoms with Gasteiger partial charge in [0.2, 0.25) is 5.91 Å². The minimum absolute atomic E-state index is 0.224. The van der Waals surface area contributed by atoms with Crippen molar-refractivity contribution in [2.45, 2.75) is 13.0 Å². The van der Waals surface area contributed by atoms with Gasteiger partial charge in [-0.3, -0.25) is 4.79 Å². The van der Waals surface area contributed by atoms with Gasteiger partial charge in [-0.15, -0.1) is 11.3 Å². The summed E-state index contributed by atoms with van der Waals surface area (Å²) in [6.07, 6.45) is 0.224. The van der Waals surface area contributed by atoms with E-state index < -0.39 is 0 Å². The van der Waals surface area contributed by atoms with Crippen LogP contribution >= 0.6 is 43.2 Å². The molecular weight excluding hydrogens is 420 g/mol. The number of halogens is 2. The summed E-state index contributed by atoms with van der Waals surface area (Å²) in [6, 6.07) is 9.70. The molecule has 0 aliphatic rings. The first kappa shape index (κ1) is 16.3. The van der Waals surface area contributed by atoms with Crippen LogP contribution in [0.4, 0.5) is 5.69 Å². The van der Waals surface area contributed by atoms with Gasteiger partial charge >= 0.3 is 0 Å². The van der Waals surface area contributed by atoms with Crippen molar-refractivity contribution in [2.75, 3.05) is 11.9 Å². The first-order chi connectivity index (χ1) is 10.0. The van der Waals surface area contributed by atoms with Gasteiger partial charge in [0.15, 0.2) is 0 Å². The lowest BCUT2D eigenvalue weighted by Crippen LogP contribution is -2.14. The van der Waals surface area contributed by atoms with Crippen molar-refractivity contribution in [2.24, 2.45) is 5.73 Å². The standard InChI is InChI=1S/C14H14Br2N2O2S/c15-12-7-11(21-14(12)16)8-18-9-1-3-10(4-2-9)20-6-5-13(17)19/h1-4,7,18H,5-6,8H2,(H2,17,19). The molecule has 4 nitrogen and oxygen atoms in total. The average molecular weight is 434 g/mol. The van der Waals surface area contributed by atoms with E-state index in [-0.39, 0.29) is 12.3 Å². The first-order valence-electron chi connectivity index (χ1n) is 6.23. The average Bonchev–Trinajstić information content (AvgIpc) is 2.77. The lowest BCUT2D eigenvalue weighted by atomic mass is 10.3. The monoisotopic (exact) mass is 432 g/mol. The molecule has 0 radical (unpaired) electrons. The molecule has 112 valence electrons. The predicted octanol–water partition coefficient (Wildman–Crippen LogP) is 4.14. The van der Waals surface area contributed by atoms with Crippen LogP contribution in [0, 0.1) is 0 Å². The van der Waals surface area contributed by atoms with Gasteiger partial charge in [-0.25, -0.2) is 0 Å². The Morgan fingerprint density at radius 1 is 1.29 bits per heavy atom. The number of ether oxygens (including phenoxy) is 1. The zero-order valence-corrected chi connectivity index (χ0v) is 15.1. The van der Waals surface area contributed by atoms with Crippen LogP contribution in [-0.4, -0.2) is 12.5 Å². The Hall–Kier alpha value is -1.05. The third kappa shape index (κ3) is 5.33. The second-order valence-corrected chi connectivity index (χ2v) is 7.59. The molecule has 1 aromatic carbocycles. The maximum atomic E-state index is 10.6. The number of hydrogen-bond donors (Lipinski definition) is 2. The van der Waals surface area contributed by atoms with Gasteiger partial charge in [0.25, 0.3) is 0 Å². The van der Waals surface area contributed by atoms with Crippen molar-refractivity contribution >= 4 is 54.8 Å². The molecule has 0 aliphatic carbocycles. The van der Waals surface area contributed by atoms with E-state index in [4.69, 9.17) is 10.5 Å². The summed E-state index contributed by atoms with van der Waals surface area (Å²) in [7, 11) is 0. The second-order valence-electron chi connectivity index (χ2n) is 4.28. The van der Waals surface area contributed by atoms with E-state index in [1.54, 1.807) is 11.3 Å². The molecule has 0 aliphatic heterocycles. The number of primary amides is 1. The topological polar surface area (TPSA) is 64.4 Å². The minimum Gasteiger partial charge on any atom is -0.493 e. The van der Waals surface area contributed by atoms with Crippen LogP contribution in [0.5, 0.6) is 5.75 Å². The van der Waals surface area contributed by atoms with Crippen LogP contribution in [0.3, 0.4) is 0 Å². The second kappa shape index (κ2) is 7.82. The molecule has 1 heterocycles. The van der Waals surface area contributed by atoms with Crippen LogP contribution in [0.25, 0.3) is 0 Å². The first-order valence-corrected chi connectivity index (χ1v) is 8.63. The fourth-order valence-corrected chi connectivity index (χ4v) is 3.72. The van der Waals surface area contributed by atoms with Crippen molar-refractivity contribution < 1.29 is 9.53 Å². The van der Waals surface area contributed by atoms with E-state index in [0.29, 0.717) is 6.61 Å². The summed E-state index contributed by atoms with van der Waals surface area (Å²) in [5.74, 6) is 0.366. The molecular formula is C14H14Br2N2O2S. The maximum absolute atomic E-state index is 10.6. The fraction of sp³-hybridized carbons (Fsp3) is 0.214. The Labute approximate surface area is 143 Å². The van der Waals surface area contributed by atoms with Gasteiger partial charge in [0.1, 0.15) is 5.75 Å². The summed E-state index contributed by atoms with van der Waals surface area (Å²) < 4.78 is 7.58. The normalized spacial score (nSPS) is 10.4. The number of thiophene rings is 1. The lowest BCUT2D eigenvalue weighted by Gasteiger charge is -2.07. The molecule has 0 unspecified atom stereocenters. The molecule has 0 spiro atoms. The lowest BCUT2D eigenvalue weighted by molar-refractivity contribution is -0.118. The van der Waals surface area contributed by atoms with Gasteiger partial charge in [-0.1, -0.05) is 0 Å². The number of benzene rings is 1. The number of carbonyl (C=O) groups is 1. The van der Waals surface area contributed by atoms with Gasteiger partial charge in [-0.2, -0.15) is 0 Å². The van der Waals surface area contributed by atoms with Crippen molar-refractivity contribution in [3.05, 3.63) is 43.5 Å². The zero-order chi connectivity index (χ0) is 15.2. The summed E-state index contributed by atoms with van der Waals surface area (Å²) in [4.78, 5) is 11.8. The van der Waals surface area contributed by atoms with Gasteiger partial charge < -0.3 is 15.8 Å². The third-order valence-corrected chi connectivity index (χ3v) is 5.89. The highest BCUT2D eigenvalue weighted by molar-refractivity contribution is 9.13. The Balaban J connectivity index is 1.83. The van der Waals surface area contributed by atoms with E-state index in [1.807, 2.05) is 24.3 Å². The predicted molar refractivity (Wildman–Crippen MR) is 92.8 cm³/mol. The van der Waals surface area contributed by atoms with E-state index in [9.17, 15) is 4.79 Å². The molecule has 0 atom stereocenters. The van der Waals surface area contributed by atoms with Crippen LogP contribution in [0.2, 0.25) is 0 Å².